The first-order chi connectivity index (χ1) is 12.7. The maximum Gasteiger partial charge on any atom is 0.191 e. The zero-order valence-electron chi connectivity index (χ0n) is 16.3. The third kappa shape index (κ3) is 5.58. The number of nitrogens with zero attached hydrogens (tertiary/aromatic N) is 4. The Morgan fingerprint density at radius 1 is 1.04 bits per heavy atom. The van der Waals surface area contributed by atoms with Crippen LogP contribution in [0.5, 0.6) is 0 Å². The molecule has 1 aromatic heterocycles. The van der Waals surface area contributed by atoms with E-state index in [1.165, 1.54) is 5.56 Å². The Morgan fingerprint density at radius 2 is 1.73 bits per heavy atom. The fourth-order valence-corrected chi connectivity index (χ4v) is 3.24. The summed E-state index contributed by atoms with van der Waals surface area (Å²) in [6.45, 7) is 7.25. The van der Waals surface area contributed by atoms with Gasteiger partial charge in [0, 0.05) is 32.1 Å². The summed E-state index contributed by atoms with van der Waals surface area (Å²) in [7, 11) is 1.83. The minimum Gasteiger partial charge on any atom is -0.356 e. The van der Waals surface area contributed by atoms with Gasteiger partial charge in [-0.05, 0) is 31.2 Å². The summed E-state index contributed by atoms with van der Waals surface area (Å²) in [6.07, 6.45) is 7.86. The van der Waals surface area contributed by atoms with Gasteiger partial charge in [-0.25, -0.2) is 0 Å². The average molecular weight is 357 g/mol. The molecule has 1 heterocycles. The van der Waals surface area contributed by atoms with E-state index >= 15 is 0 Å². The fourth-order valence-electron chi connectivity index (χ4n) is 3.24. The van der Waals surface area contributed by atoms with Crippen LogP contribution in [0.25, 0.3) is 0 Å². The molecule has 0 spiro atoms. The Hall–Kier alpha value is -2.37. The molecule has 0 amide bonds. The fraction of sp³-hybridized carbons (Fsp3) is 0.550. The van der Waals surface area contributed by atoms with Crippen molar-refractivity contribution >= 4 is 5.96 Å². The standard InChI is InChI=1S/C20H32N6/c1-4-20(5-2,18-11-7-6-8-12-18)15-23-19(21-3)22-13-9-10-14-26-16-24-25-17-26/h6-8,11-12,16-17H,4-5,9-10,13-15H2,1-3H3,(H2,21,22,23). The van der Waals surface area contributed by atoms with Gasteiger partial charge in [0.1, 0.15) is 12.7 Å². The number of unbranched alkanes of at least 4 members (excludes halogenated alkanes) is 1. The lowest BCUT2D eigenvalue weighted by Gasteiger charge is -2.33. The molecule has 0 saturated carbocycles. The second-order valence-electron chi connectivity index (χ2n) is 6.61. The van der Waals surface area contributed by atoms with Crippen LogP contribution in [0.3, 0.4) is 0 Å². The number of hydrogen-bond donors (Lipinski definition) is 2. The molecule has 2 N–H and O–H groups in total. The van der Waals surface area contributed by atoms with E-state index in [2.05, 4.69) is 70.0 Å². The molecule has 0 aliphatic heterocycles. The van der Waals surface area contributed by atoms with Crippen molar-refractivity contribution in [2.24, 2.45) is 4.99 Å². The van der Waals surface area contributed by atoms with E-state index in [1.54, 1.807) is 12.7 Å². The van der Waals surface area contributed by atoms with Gasteiger partial charge in [0.2, 0.25) is 0 Å². The lowest BCUT2D eigenvalue weighted by atomic mass is 9.76. The zero-order valence-corrected chi connectivity index (χ0v) is 16.3. The van der Waals surface area contributed by atoms with Crippen molar-refractivity contribution < 1.29 is 0 Å². The third-order valence-electron chi connectivity index (χ3n) is 5.16. The lowest BCUT2D eigenvalue weighted by molar-refractivity contribution is 0.389. The normalized spacial score (nSPS) is 12.2. The number of nitrogens with one attached hydrogen (secondary N) is 2. The number of aliphatic imine (C=N–C) groups is 1. The molecule has 1 aromatic carbocycles. The lowest BCUT2D eigenvalue weighted by Crippen LogP contribution is -2.45. The van der Waals surface area contributed by atoms with Crippen LogP contribution in [-0.4, -0.2) is 40.9 Å². The summed E-state index contributed by atoms with van der Waals surface area (Å²) in [5.74, 6) is 0.872. The molecule has 26 heavy (non-hydrogen) atoms. The summed E-state index contributed by atoms with van der Waals surface area (Å²) in [4.78, 5) is 4.37. The quantitative estimate of drug-likeness (QED) is 0.390. The second-order valence-corrected chi connectivity index (χ2v) is 6.61. The van der Waals surface area contributed by atoms with Crippen molar-refractivity contribution in [3.05, 3.63) is 48.5 Å². The van der Waals surface area contributed by atoms with E-state index in [-0.39, 0.29) is 5.41 Å². The van der Waals surface area contributed by atoms with Crippen molar-refractivity contribution in [3.8, 4) is 0 Å². The maximum atomic E-state index is 4.37. The van der Waals surface area contributed by atoms with E-state index < -0.39 is 0 Å². The number of aryl methyl sites for hydroxylation is 1. The Labute approximate surface area is 157 Å². The highest BCUT2D eigenvalue weighted by molar-refractivity contribution is 5.79. The predicted octanol–water partition coefficient (Wildman–Crippen LogP) is 2.98. The van der Waals surface area contributed by atoms with E-state index in [9.17, 15) is 0 Å². The van der Waals surface area contributed by atoms with Gasteiger partial charge < -0.3 is 15.2 Å². The van der Waals surface area contributed by atoms with Crippen LogP contribution in [0.15, 0.2) is 48.0 Å². The van der Waals surface area contributed by atoms with Crippen molar-refractivity contribution in [1.82, 2.24) is 25.4 Å². The van der Waals surface area contributed by atoms with Gasteiger partial charge in [0.05, 0.1) is 0 Å². The minimum absolute atomic E-state index is 0.132. The van der Waals surface area contributed by atoms with Gasteiger partial charge in [-0.15, -0.1) is 10.2 Å². The van der Waals surface area contributed by atoms with Gasteiger partial charge >= 0.3 is 0 Å². The molecule has 2 rings (SSSR count). The second kappa shape index (κ2) is 10.6. The summed E-state index contributed by atoms with van der Waals surface area (Å²) < 4.78 is 2.00. The molecule has 2 aromatic rings. The number of hydrogen-bond acceptors (Lipinski definition) is 3. The van der Waals surface area contributed by atoms with Crippen LogP contribution >= 0.6 is 0 Å². The van der Waals surface area contributed by atoms with E-state index in [0.29, 0.717) is 0 Å². The molecule has 0 aliphatic rings. The highest BCUT2D eigenvalue weighted by atomic mass is 15.2. The van der Waals surface area contributed by atoms with Gasteiger partial charge in [-0.1, -0.05) is 44.2 Å². The Morgan fingerprint density at radius 3 is 2.35 bits per heavy atom. The van der Waals surface area contributed by atoms with Gasteiger partial charge in [0.15, 0.2) is 5.96 Å². The molecule has 0 saturated heterocycles. The molecule has 142 valence electrons. The molecule has 0 unspecified atom stereocenters. The van der Waals surface area contributed by atoms with Crippen LogP contribution in [-0.2, 0) is 12.0 Å². The number of rotatable bonds is 10. The monoisotopic (exact) mass is 356 g/mol. The molecular weight excluding hydrogens is 324 g/mol. The Bertz CT molecular complexity index is 632. The largest absolute Gasteiger partial charge is 0.356 e. The summed E-state index contributed by atoms with van der Waals surface area (Å²) in [5, 5.41) is 14.6. The predicted molar refractivity (Wildman–Crippen MR) is 107 cm³/mol. The molecule has 0 bridgehead atoms. The van der Waals surface area contributed by atoms with Crippen LogP contribution in [0.1, 0.15) is 45.1 Å². The minimum atomic E-state index is 0.132. The van der Waals surface area contributed by atoms with Crippen molar-refractivity contribution in [1.29, 1.82) is 0 Å². The SMILES string of the molecule is CCC(CC)(CNC(=NC)NCCCCn1cnnc1)c1ccccc1. The maximum absolute atomic E-state index is 4.37. The summed E-state index contributed by atoms with van der Waals surface area (Å²) in [5.41, 5.74) is 1.52. The summed E-state index contributed by atoms with van der Waals surface area (Å²) in [6, 6.07) is 10.8. The first-order valence-electron chi connectivity index (χ1n) is 9.56. The molecular formula is C20H32N6. The smallest absolute Gasteiger partial charge is 0.191 e. The first kappa shape index (κ1) is 19.9. The topological polar surface area (TPSA) is 67.1 Å². The van der Waals surface area contributed by atoms with Crippen LogP contribution in [0, 0.1) is 0 Å². The molecule has 0 fully saturated rings. The Kier molecular flexibility index (Phi) is 8.12. The molecule has 0 atom stereocenters. The Balaban J connectivity index is 1.79. The molecule has 0 aliphatic carbocycles. The van der Waals surface area contributed by atoms with E-state index in [0.717, 1.165) is 51.3 Å². The van der Waals surface area contributed by atoms with Gasteiger partial charge in [-0.2, -0.15) is 0 Å². The number of guanidine groups is 1. The molecule has 6 nitrogen and oxygen atoms in total. The van der Waals surface area contributed by atoms with Crippen molar-refractivity contribution in [3.63, 3.8) is 0 Å². The van der Waals surface area contributed by atoms with Crippen molar-refractivity contribution in [2.75, 3.05) is 20.1 Å². The van der Waals surface area contributed by atoms with Crippen LogP contribution in [0.2, 0.25) is 0 Å². The van der Waals surface area contributed by atoms with Crippen molar-refractivity contribution in [2.45, 2.75) is 51.5 Å². The highest BCUT2D eigenvalue weighted by Gasteiger charge is 2.28. The third-order valence-corrected chi connectivity index (χ3v) is 5.16. The van der Waals surface area contributed by atoms with E-state index in [1.807, 2.05) is 11.6 Å². The molecule has 0 radical (unpaired) electrons. The summed E-state index contributed by atoms with van der Waals surface area (Å²) >= 11 is 0. The first-order valence-corrected chi connectivity index (χ1v) is 9.56. The van der Waals surface area contributed by atoms with Crippen LogP contribution < -0.4 is 10.6 Å². The van der Waals surface area contributed by atoms with Crippen LogP contribution in [0.4, 0.5) is 0 Å². The highest BCUT2D eigenvalue weighted by Crippen LogP contribution is 2.30. The molecule has 6 heteroatoms. The average Bonchev–Trinajstić information content (AvgIpc) is 3.21. The van der Waals surface area contributed by atoms with Gasteiger partial charge in [0.25, 0.3) is 0 Å². The zero-order chi connectivity index (χ0) is 18.7. The van der Waals surface area contributed by atoms with E-state index in [4.69, 9.17) is 0 Å². The van der Waals surface area contributed by atoms with Gasteiger partial charge in [-0.3, -0.25) is 4.99 Å². The number of benzene rings is 1. The number of aromatic nitrogens is 3.